The molecule has 182 valence electrons. The van der Waals surface area contributed by atoms with Gasteiger partial charge in [-0.3, -0.25) is 0 Å². The lowest BCUT2D eigenvalue weighted by Crippen LogP contribution is -2.23. The minimum atomic E-state index is -4.52. The molecule has 1 aromatic carbocycles. The van der Waals surface area contributed by atoms with Crippen LogP contribution in [0, 0.1) is 18.2 Å². The number of benzene rings is 1. The monoisotopic (exact) mass is 495 g/mol. The van der Waals surface area contributed by atoms with Gasteiger partial charge in [-0.05, 0) is 68.3 Å². The molecule has 34 heavy (non-hydrogen) atoms. The van der Waals surface area contributed by atoms with Crippen LogP contribution in [0.25, 0.3) is 11.6 Å². The van der Waals surface area contributed by atoms with Gasteiger partial charge in [-0.1, -0.05) is 17.8 Å². The summed E-state index contributed by atoms with van der Waals surface area (Å²) in [6.07, 6.45) is -0.378. The molecule has 3 heterocycles. The van der Waals surface area contributed by atoms with Gasteiger partial charge < -0.3 is 13.9 Å². The maximum absolute atomic E-state index is 14.4. The maximum atomic E-state index is 14.4. The first-order valence-corrected chi connectivity index (χ1v) is 12.2. The van der Waals surface area contributed by atoms with E-state index < -0.39 is 17.6 Å². The number of thioether (sulfide) groups is 1. The van der Waals surface area contributed by atoms with Crippen molar-refractivity contribution in [2.75, 3.05) is 25.4 Å². The summed E-state index contributed by atoms with van der Waals surface area (Å²) in [7, 11) is 1.90. The number of aryl methyl sites for hydroxylation is 1. The van der Waals surface area contributed by atoms with Crippen LogP contribution in [0.4, 0.5) is 17.6 Å². The van der Waals surface area contributed by atoms with Crippen molar-refractivity contribution in [3.05, 3.63) is 47.2 Å². The molecule has 1 saturated heterocycles. The fourth-order valence-corrected chi connectivity index (χ4v) is 5.84. The van der Waals surface area contributed by atoms with Crippen molar-refractivity contribution in [3.8, 4) is 11.6 Å². The van der Waals surface area contributed by atoms with Gasteiger partial charge in [0.15, 0.2) is 17.3 Å². The maximum Gasteiger partial charge on any atom is 0.416 e. The fraction of sp³-hybridized carbons (Fsp3) is 0.522. The summed E-state index contributed by atoms with van der Waals surface area (Å²) in [6.45, 7) is 4.58. The van der Waals surface area contributed by atoms with Gasteiger partial charge in [0.2, 0.25) is 5.82 Å². The van der Waals surface area contributed by atoms with E-state index in [1.54, 1.807) is 11.8 Å². The number of likely N-dealkylation sites (tertiary alicyclic amines) is 1. The zero-order chi connectivity index (χ0) is 24.1. The van der Waals surface area contributed by atoms with Crippen LogP contribution in [0.5, 0.6) is 0 Å². The zero-order valence-electron chi connectivity index (χ0n) is 18.9. The molecule has 2 fully saturated rings. The number of halogens is 4. The number of nitrogens with zero attached hydrogens (tertiary/aromatic N) is 5. The summed E-state index contributed by atoms with van der Waals surface area (Å²) in [5.41, 5.74) is 0.260. The van der Waals surface area contributed by atoms with Gasteiger partial charge in [0.05, 0.1) is 11.3 Å². The predicted molar refractivity (Wildman–Crippen MR) is 119 cm³/mol. The molecule has 11 heteroatoms. The Labute approximate surface area is 198 Å². The van der Waals surface area contributed by atoms with Gasteiger partial charge in [0.25, 0.3) is 0 Å². The summed E-state index contributed by atoms with van der Waals surface area (Å²) < 4.78 is 60.2. The minimum Gasteiger partial charge on any atom is -0.440 e. The van der Waals surface area contributed by atoms with Crippen LogP contribution in [0.1, 0.15) is 42.0 Å². The highest BCUT2D eigenvalue weighted by Crippen LogP contribution is 2.64. The Morgan fingerprint density at radius 3 is 2.79 bits per heavy atom. The summed E-state index contributed by atoms with van der Waals surface area (Å²) in [5.74, 6) is 1.41. The Hall–Kier alpha value is -2.40. The SMILES string of the molecule is Cc1ncoc1-c1nnc(SCCCN2CC[C@@]3(CC3c3ccc(C(F)(F)F)cc3F)C2)n1C. The second-order valence-corrected chi connectivity index (χ2v) is 10.3. The van der Waals surface area contributed by atoms with Crippen LogP contribution < -0.4 is 0 Å². The van der Waals surface area contributed by atoms with Crippen molar-refractivity contribution in [1.29, 1.82) is 0 Å². The summed E-state index contributed by atoms with van der Waals surface area (Å²) >= 11 is 1.63. The summed E-state index contributed by atoms with van der Waals surface area (Å²) in [4.78, 5) is 6.47. The molecule has 2 aromatic heterocycles. The second-order valence-electron chi connectivity index (χ2n) is 9.21. The van der Waals surface area contributed by atoms with Crippen LogP contribution in [0.15, 0.2) is 34.2 Å². The van der Waals surface area contributed by atoms with Crippen molar-refractivity contribution < 1.29 is 22.0 Å². The largest absolute Gasteiger partial charge is 0.440 e. The Kier molecular flexibility index (Phi) is 5.96. The zero-order valence-corrected chi connectivity index (χ0v) is 19.7. The molecule has 1 spiro atoms. The lowest BCUT2D eigenvalue weighted by atomic mass is 9.97. The molecule has 1 unspecified atom stereocenters. The molecule has 0 radical (unpaired) electrons. The average Bonchev–Trinajstić information content (AvgIpc) is 3.07. The van der Waals surface area contributed by atoms with Crippen molar-refractivity contribution in [1.82, 2.24) is 24.6 Å². The normalized spacial score (nSPS) is 22.7. The molecule has 5 rings (SSSR count). The van der Waals surface area contributed by atoms with Gasteiger partial charge in [-0.15, -0.1) is 10.2 Å². The second kappa shape index (κ2) is 8.67. The highest BCUT2D eigenvalue weighted by molar-refractivity contribution is 7.99. The third-order valence-electron chi connectivity index (χ3n) is 6.99. The quantitative estimate of drug-likeness (QED) is 0.252. The molecule has 2 aliphatic rings. The fourth-order valence-electron chi connectivity index (χ4n) is 5.01. The average molecular weight is 496 g/mol. The Morgan fingerprint density at radius 2 is 2.09 bits per heavy atom. The predicted octanol–water partition coefficient (Wildman–Crippen LogP) is 5.30. The number of rotatable bonds is 7. The first-order chi connectivity index (χ1) is 16.2. The molecule has 3 aromatic rings. The van der Waals surface area contributed by atoms with E-state index in [0.717, 1.165) is 61.6 Å². The van der Waals surface area contributed by atoms with E-state index in [-0.39, 0.29) is 11.3 Å². The van der Waals surface area contributed by atoms with Crippen molar-refractivity contribution in [3.63, 3.8) is 0 Å². The molecule has 0 bridgehead atoms. The van der Waals surface area contributed by atoms with Crippen LogP contribution >= 0.6 is 11.8 Å². The molecule has 1 saturated carbocycles. The number of alkyl halides is 3. The number of oxazole rings is 1. The topological polar surface area (TPSA) is 60.0 Å². The lowest BCUT2D eigenvalue weighted by Gasteiger charge is -2.16. The third kappa shape index (κ3) is 4.35. The number of hydrogen-bond acceptors (Lipinski definition) is 6. The van der Waals surface area contributed by atoms with Gasteiger partial charge in [-0.25, -0.2) is 9.37 Å². The highest BCUT2D eigenvalue weighted by Gasteiger charge is 2.58. The Bertz CT molecular complexity index is 1190. The summed E-state index contributed by atoms with van der Waals surface area (Å²) in [6, 6.07) is 2.95. The van der Waals surface area contributed by atoms with Gasteiger partial charge in [0.1, 0.15) is 5.82 Å². The van der Waals surface area contributed by atoms with Crippen LogP contribution in [0.2, 0.25) is 0 Å². The van der Waals surface area contributed by atoms with E-state index in [0.29, 0.717) is 23.2 Å². The standard InChI is InChI=1S/C23H25F4N5OS/c1-14-19(33-13-28-14)20-29-30-21(31(20)2)34-9-3-7-32-8-6-22(12-32)11-17(22)16-5-4-15(10-18(16)24)23(25,26)27/h4-5,10,13,17H,3,6-9,11-12H2,1-2H3/t17?,22-/m1/s1. The van der Waals surface area contributed by atoms with E-state index in [1.807, 2.05) is 18.5 Å². The molecule has 0 amide bonds. The molecule has 2 atom stereocenters. The Morgan fingerprint density at radius 1 is 1.26 bits per heavy atom. The van der Waals surface area contributed by atoms with Crippen LogP contribution in [0.3, 0.4) is 0 Å². The molecular formula is C23H25F4N5OS. The van der Waals surface area contributed by atoms with E-state index >= 15 is 0 Å². The van der Waals surface area contributed by atoms with Gasteiger partial charge in [-0.2, -0.15) is 13.2 Å². The molecule has 1 aliphatic carbocycles. The number of aromatic nitrogens is 4. The third-order valence-corrected chi connectivity index (χ3v) is 8.10. The van der Waals surface area contributed by atoms with E-state index in [2.05, 4.69) is 20.1 Å². The van der Waals surface area contributed by atoms with Gasteiger partial charge >= 0.3 is 6.18 Å². The van der Waals surface area contributed by atoms with E-state index in [9.17, 15) is 17.6 Å². The first kappa shape index (κ1) is 23.3. The molecule has 6 nitrogen and oxygen atoms in total. The number of hydrogen-bond donors (Lipinski definition) is 0. The highest BCUT2D eigenvalue weighted by atomic mass is 32.2. The van der Waals surface area contributed by atoms with Crippen LogP contribution in [-0.4, -0.2) is 50.0 Å². The van der Waals surface area contributed by atoms with E-state index in [4.69, 9.17) is 4.42 Å². The molecular weight excluding hydrogens is 470 g/mol. The Balaban J connectivity index is 1.11. The lowest BCUT2D eigenvalue weighted by molar-refractivity contribution is -0.137. The van der Waals surface area contributed by atoms with E-state index in [1.165, 1.54) is 12.5 Å². The smallest absolute Gasteiger partial charge is 0.416 e. The molecule has 1 aliphatic heterocycles. The molecule has 0 N–H and O–H groups in total. The van der Waals surface area contributed by atoms with Crippen molar-refractivity contribution in [2.45, 2.75) is 43.4 Å². The van der Waals surface area contributed by atoms with Gasteiger partial charge in [0, 0.05) is 19.3 Å². The van der Waals surface area contributed by atoms with Crippen molar-refractivity contribution >= 4 is 11.8 Å². The van der Waals surface area contributed by atoms with Crippen LogP contribution in [-0.2, 0) is 13.2 Å². The first-order valence-electron chi connectivity index (χ1n) is 11.2. The minimum absolute atomic E-state index is 0.00115. The van der Waals surface area contributed by atoms with Crippen molar-refractivity contribution in [2.24, 2.45) is 12.5 Å². The summed E-state index contributed by atoms with van der Waals surface area (Å²) in [5, 5.41) is 9.29.